The predicted octanol–water partition coefficient (Wildman–Crippen LogP) is 2.03. The summed E-state index contributed by atoms with van der Waals surface area (Å²) in [5.74, 6) is 0. The number of primary amides is 1. The summed E-state index contributed by atoms with van der Waals surface area (Å²) >= 11 is 0. The van der Waals surface area contributed by atoms with Crippen molar-refractivity contribution in [3.8, 4) is 0 Å². The maximum atomic E-state index is 10.6. The minimum Gasteiger partial charge on any atom is -0.350 e. The van der Waals surface area contributed by atoms with E-state index in [1.165, 1.54) is 0 Å². The molecular weight excluding hydrogens is 202 g/mol. The molecule has 0 heterocycles. The molecule has 0 atom stereocenters. The fourth-order valence-corrected chi connectivity index (χ4v) is 1.26. The second-order valence-electron chi connectivity index (χ2n) is 3.23. The van der Waals surface area contributed by atoms with Crippen LogP contribution in [0.25, 0.3) is 0 Å². The van der Waals surface area contributed by atoms with Gasteiger partial charge in [-0.3, -0.25) is 0 Å². The lowest BCUT2D eigenvalue weighted by Crippen LogP contribution is -2.26. The SMILES string of the molecule is C=CCC/C(=N/NC(N)=O)c1ccccc1. The van der Waals surface area contributed by atoms with Crippen molar-refractivity contribution in [3.05, 3.63) is 48.6 Å². The van der Waals surface area contributed by atoms with Gasteiger partial charge in [0.05, 0.1) is 5.71 Å². The average molecular weight is 217 g/mol. The van der Waals surface area contributed by atoms with Gasteiger partial charge in [0.15, 0.2) is 0 Å². The van der Waals surface area contributed by atoms with Gasteiger partial charge in [-0.2, -0.15) is 5.10 Å². The molecule has 84 valence electrons. The molecule has 0 bridgehead atoms. The number of nitrogens with one attached hydrogen (secondary N) is 1. The summed E-state index contributed by atoms with van der Waals surface area (Å²) in [4.78, 5) is 10.6. The average Bonchev–Trinajstić information content (AvgIpc) is 2.30. The van der Waals surface area contributed by atoms with Crippen molar-refractivity contribution in [1.29, 1.82) is 0 Å². The Morgan fingerprint density at radius 3 is 2.69 bits per heavy atom. The van der Waals surface area contributed by atoms with Crippen molar-refractivity contribution in [2.45, 2.75) is 12.8 Å². The number of hydrazone groups is 1. The van der Waals surface area contributed by atoms with Gasteiger partial charge >= 0.3 is 6.03 Å². The summed E-state index contributed by atoms with van der Waals surface area (Å²) < 4.78 is 0. The number of rotatable bonds is 5. The molecule has 0 aromatic heterocycles. The molecule has 0 spiro atoms. The first kappa shape index (κ1) is 12.0. The Kier molecular flexibility index (Phi) is 4.79. The molecule has 4 nitrogen and oxygen atoms in total. The first-order chi connectivity index (χ1) is 7.74. The van der Waals surface area contributed by atoms with Crippen LogP contribution in [-0.2, 0) is 0 Å². The monoisotopic (exact) mass is 217 g/mol. The molecule has 0 saturated heterocycles. The number of hydrogen-bond acceptors (Lipinski definition) is 2. The summed E-state index contributed by atoms with van der Waals surface area (Å²) in [5, 5.41) is 3.98. The first-order valence-electron chi connectivity index (χ1n) is 5.02. The maximum Gasteiger partial charge on any atom is 0.332 e. The van der Waals surface area contributed by atoms with Crippen molar-refractivity contribution in [2.75, 3.05) is 0 Å². The number of urea groups is 1. The lowest BCUT2D eigenvalue weighted by molar-refractivity contribution is 0.249. The summed E-state index contributed by atoms with van der Waals surface area (Å²) in [6, 6.07) is 8.98. The van der Waals surface area contributed by atoms with Crippen LogP contribution in [0.4, 0.5) is 4.79 Å². The van der Waals surface area contributed by atoms with Crippen LogP contribution >= 0.6 is 0 Å². The third kappa shape index (κ3) is 3.96. The number of nitrogens with two attached hydrogens (primary N) is 1. The first-order valence-corrected chi connectivity index (χ1v) is 5.02. The fraction of sp³-hybridized carbons (Fsp3) is 0.167. The molecule has 3 N–H and O–H groups in total. The number of carbonyl (C=O) groups excluding carboxylic acids is 1. The number of nitrogens with zero attached hydrogens (tertiary/aromatic N) is 1. The molecular formula is C12H15N3O. The molecule has 4 heteroatoms. The molecule has 0 aliphatic rings. The topological polar surface area (TPSA) is 67.5 Å². The molecule has 0 unspecified atom stereocenters. The molecule has 16 heavy (non-hydrogen) atoms. The van der Waals surface area contributed by atoms with E-state index in [-0.39, 0.29) is 0 Å². The van der Waals surface area contributed by atoms with Crippen LogP contribution in [0, 0.1) is 0 Å². The number of hydrogen-bond donors (Lipinski definition) is 2. The van der Waals surface area contributed by atoms with Gasteiger partial charge < -0.3 is 5.73 Å². The molecule has 1 rings (SSSR count). The van der Waals surface area contributed by atoms with Crippen molar-refractivity contribution < 1.29 is 4.79 Å². The standard InChI is InChI=1S/C12H15N3O/c1-2-3-9-11(14-15-12(13)16)10-7-5-4-6-8-10/h2,4-8H,1,3,9H2,(H3,13,15,16)/b14-11-. The zero-order valence-corrected chi connectivity index (χ0v) is 9.02. The summed E-state index contributed by atoms with van der Waals surface area (Å²) in [6.45, 7) is 3.65. The van der Waals surface area contributed by atoms with Crippen LogP contribution in [0.2, 0.25) is 0 Å². The molecule has 2 amide bonds. The second kappa shape index (κ2) is 6.40. The molecule has 0 radical (unpaired) electrons. The minimum absolute atomic E-state index is 0.660. The Morgan fingerprint density at radius 1 is 1.44 bits per heavy atom. The van der Waals surface area contributed by atoms with E-state index in [1.54, 1.807) is 0 Å². The van der Waals surface area contributed by atoms with E-state index in [0.29, 0.717) is 6.42 Å². The van der Waals surface area contributed by atoms with Gasteiger partial charge in [0.1, 0.15) is 0 Å². The van der Waals surface area contributed by atoms with Crippen molar-refractivity contribution in [3.63, 3.8) is 0 Å². The van der Waals surface area contributed by atoms with E-state index < -0.39 is 6.03 Å². The normalized spacial score (nSPS) is 10.9. The summed E-state index contributed by atoms with van der Waals surface area (Å²) in [6.07, 6.45) is 3.32. The Labute approximate surface area is 94.8 Å². The number of allylic oxidation sites excluding steroid dienone is 1. The molecule has 1 aromatic rings. The van der Waals surface area contributed by atoms with Crippen LogP contribution in [0.15, 0.2) is 48.1 Å². The lowest BCUT2D eigenvalue weighted by Gasteiger charge is -2.05. The van der Waals surface area contributed by atoms with Gasteiger partial charge in [0.2, 0.25) is 0 Å². The molecule has 1 aromatic carbocycles. The fourth-order valence-electron chi connectivity index (χ4n) is 1.26. The molecule has 0 aliphatic carbocycles. The number of benzene rings is 1. The van der Waals surface area contributed by atoms with Gasteiger partial charge in [-0.1, -0.05) is 36.4 Å². The predicted molar refractivity (Wildman–Crippen MR) is 65.1 cm³/mol. The van der Waals surface area contributed by atoms with Crippen LogP contribution in [0.5, 0.6) is 0 Å². The quantitative estimate of drug-likeness (QED) is 0.442. The zero-order valence-electron chi connectivity index (χ0n) is 9.02. The summed E-state index contributed by atoms with van der Waals surface area (Å²) in [7, 11) is 0. The highest BCUT2D eigenvalue weighted by molar-refractivity contribution is 6.01. The highest BCUT2D eigenvalue weighted by atomic mass is 16.2. The third-order valence-corrected chi connectivity index (χ3v) is 1.99. The van der Waals surface area contributed by atoms with Crippen molar-refractivity contribution in [1.82, 2.24) is 5.43 Å². The van der Waals surface area contributed by atoms with E-state index in [4.69, 9.17) is 5.73 Å². The van der Waals surface area contributed by atoms with Gasteiger partial charge in [-0.15, -0.1) is 6.58 Å². The number of amides is 2. The van der Waals surface area contributed by atoms with Crippen LogP contribution in [-0.4, -0.2) is 11.7 Å². The highest BCUT2D eigenvalue weighted by Crippen LogP contribution is 2.06. The van der Waals surface area contributed by atoms with Crippen LogP contribution < -0.4 is 11.2 Å². The van der Waals surface area contributed by atoms with Gasteiger partial charge in [0, 0.05) is 0 Å². The van der Waals surface area contributed by atoms with E-state index in [0.717, 1.165) is 17.7 Å². The zero-order chi connectivity index (χ0) is 11.8. The second-order valence-corrected chi connectivity index (χ2v) is 3.23. The molecule has 0 aliphatic heterocycles. The Balaban J connectivity index is 2.82. The third-order valence-electron chi connectivity index (χ3n) is 1.99. The lowest BCUT2D eigenvalue weighted by atomic mass is 10.1. The highest BCUT2D eigenvalue weighted by Gasteiger charge is 2.02. The van der Waals surface area contributed by atoms with E-state index in [9.17, 15) is 4.79 Å². The number of carbonyl (C=O) groups is 1. The Morgan fingerprint density at radius 2 is 2.12 bits per heavy atom. The van der Waals surface area contributed by atoms with Gasteiger partial charge in [-0.05, 0) is 18.4 Å². The van der Waals surface area contributed by atoms with E-state index in [1.807, 2.05) is 36.4 Å². The van der Waals surface area contributed by atoms with Gasteiger partial charge in [0.25, 0.3) is 0 Å². The largest absolute Gasteiger partial charge is 0.350 e. The Bertz CT molecular complexity index is 385. The Hall–Kier alpha value is -2.10. The van der Waals surface area contributed by atoms with Crippen molar-refractivity contribution in [2.24, 2.45) is 10.8 Å². The molecule has 0 fully saturated rings. The van der Waals surface area contributed by atoms with Crippen molar-refractivity contribution >= 4 is 11.7 Å². The van der Waals surface area contributed by atoms with Gasteiger partial charge in [-0.25, -0.2) is 10.2 Å². The smallest absolute Gasteiger partial charge is 0.332 e. The molecule has 0 saturated carbocycles. The van der Waals surface area contributed by atoms with Crippen LogP contribution in [0.1, 0.15) is 18.4 Å². The maximum absolute atomic E-state index is 10.6. The van der Waals surface area contributed by atoms with Crippen LogP contribution in [0.3, 0.4) is 0 Å². The minimum atomic E-state index is -0.660. The van der Waals surface area contributed by atoms with E-state index >= 15 is 0 Å². The van der Waals surface area contributed by atoms with E-state index in [2.05, 4.69) is 17.1 Å². The summed E-state index contributed by atoms with van der Waals surface area (Å²) in [5.41, 5.74) is 8.98.